The first-order valence-electron chi connectivity index (χ1n) is 7.03. The lowest BCUT2D eigenvalue weighted by Crippen LogP contribution is -2.35. The van der Waals surface area contributed by atoms with Crippen LogP contribution in [0, 0.1) is 11.3 Å². The summed E-state index contributed by atoms with van der Waals surface area (Å²) < 4.78 is 0. The van der Waals surface area contributed by atoms with E-state index in [1.807, 2.05) is 12.4 Å². The summed E-state index contributed by atoms with van der Waals surface area (Å²) in [5, 5.41) is 3.63. The van der Waals surface area contributed by atoms with Gasteiger partial charge in [0.05, 0.1) is 0 Å². The first-order valence-corrected chi connectivity index (χ1v) is 7.03. The molecule has 1 aromatic rings. The van der Waals surface area contributed by atoms with E-state index in [-0.39, 0.29) is 0 Å². The minimum absolute atomic E-state index is 0.470. The zero-order chi connectivity index (χ0) is 13.0. The fourth-order valence-electron chi connectivity index (χ4n) is 2.85. The molecular weight excluding hydrogens is 222 g/mol. The summed E-state index contributed by atoms with van der Waals surface area (Å²) in [5.74, 6) is 0.885. The van der Waals surface area contributed by atoms with Crippen LogP contribution in [0.15, 0.2) is 18.7 Å². The highest BCUT2D eigenvalue weighted by Gasteiger charge is 2.29. The van der Waals surface area contributed by atoms with Gasteiger partial charge in [0.1, 0.15) is 6.33 Å². The second-order valence-electron chi connectivity index (χ2n) is 6.54. The van der Waals surface area contributed by atoms with Crippen LogP contribution in [0.5, 0.6) is 0 Å². The summed E-state index contributed by atoms with van der Waals surface area (Å²) in [6.07, 6.45) is 10.7. The fraction of sp³-hybridized carbons (Fsp3) is 0.733. The topological polar surface area (TPSA) is 37.8 Å². The molecule has 1 aliphatic rings. The van der Waals surface area contributed by atoms with Crippen LogP contribution in [0.3, 0.4) is 0 Å². The Morgan fingerprint density at radius 2 is 1.72 bits per heavy atom. The molecule has 3 heteroatoms. The quantitative estimate of drug-likeness (QED) is 0.891. The van der Waals surface area contributed by atoms with E-state index in [0.29, 0.717) is 11.5 Å². The van der Waals surface area contributed by atoms with Gasteiger partial charge in [-0.2, -0.15) is 0 Å². The molecule has 3 nitrogen and oxygen atoms in total. The molecule has 100 valence electrons. The van der Waals surface area contributed by atoms with Crippen molar-refractivity contribution in [1.82, 2.24) is 15.3 Å². The van der Waals surface area contributed by atoms with Crippen molar-refractivity contribution in [2.75, 3.05) is 0 Å². The van der Waals surface area contributed by atoms with E-state index < -0.39 is 0 Å². The number of rotatable bonds is 3. The van der Waals surface area contributed by atoms with Crippen molar-refractivity contribution >= 4 is 0 Å². The molecule has 0 saturated heterocycles. The number of aromatic nitrogens is 2. The van der Waals surface area contributed by atoms with Gasteiger partial charge in [0, 0.05) is 30.5 Å². The Morgan fingerprint density at radius 3 is 2.28 bits per heavy atom. The number of hydrogen-bond donors (Lipinski definition) is 1. The first kappa shape index (κ1) is 13.5. The van der Waals surface area contributed by atoms with Crippen molar-refractivity contribution < 1.29 is 0 Å². The third-order valence-electron chi connectivity index (χ3n) is 4.16. The minimum atomic E-state index is 0.470. The molecule has 2 rings (SSSR count). The van der Waals surface area contributed by atoms with Gasteiger partial charge in [0.15, 0.2) is 0 Å². The predicted octanol–water partition coefficient (Wildman–Crippen LogP) is 3.17. The summed E-state index contributed by atoms with van der Waals surface area (Å²) in [4.78, 5) is 8.08. The van der Waals surface area contributed by atoms with Gasteiger partial charge >= 0.3 is 0 Å². The van der Waals surface area contributed by atoms with Gasteiger partial charge in [-0.1, -0.05) is 20.8 Å². The Labute approximate surface area is 110 Å². The molecule has 0 aromatic carbocycles. The average Bonchev–Trinajstić information content (AvgIpc) is 2.37. The lowest BCUT2D eigenvalue weighted by molar-refractivity contribution is 0.160. The van der Waals surface area contributed by atoms with Crippen LogP contribution in [0.4, 0.5) is 0 Å². The van der Waals surface area contributed by atoms with Crippen LogP contribution in [0.25, 0.3) is 0 Å². The van der Waals surface area contributed by atoms with E-state index in [1.165, 1.54) is 31.2 Å². The van der Waals surface area contributed by atoms with E-state index in [0.717, 1.165) is 12.5 Å². The molecule has 1 aromatic heterocycles. The minimum Gasteiger partial charge on any atom is -0.310 e. The van der Waals surface area contributed by atoms with Crippen molar-refractivity contribution in [3.05, 3.63) is 24.3 Å². The van der Waals surface area contributed by atoms with Crippen LogP contribution in [0.1, 0.15) is 52.0 Å². The molecule has 1 N–H and O–H groups in total. The maximum absolute atomic E-state index is 4.04. The highest BCUT2D eigenvalue weighted by Crippen LogP contribution is 2.37. The molecular formula is C15H25N3. The van der Waals surface area contributed by atoms with E-state index in [2.05, 4.69) is 36.1 Å². The molecule has 1 heterocycles. The number of nitrogens with zero attached hydrogens (tertiary/aromatic N) is 2. The molecule has 0 atom stereocenters. The van der Waals surface area contributed by atoms with E-state index in [4.69, 9.17) is 0 Å². The third kappa shape index (κ3) is 3.77. The largest absolute Gasteiger partial charge is 0.310 e. The smallest absolute Gasteiger partial charge is 0.115 e. The maximum Gasteiger partial charge on any atom is 0.115 e. The molecule has 0 radical (unpaired) electrons. The summed E-state index contributed by atoms with van der Waals surface area (Å²) in [6.45, 7) is 8.00. The zero-order valence-corrected chi connectivity index (χ0v) is 11.8. The predicted molar refractivity (Wildman–Crippen MR) is 74.1 cm³/mol. The van der Waals surface area contributed by atoms with Gasteiger partial charge < -0.3 is 5.32 Å². The van der Waals surface area contributed by atoms with Gasteiger partial charge in [0.2, 0.25) is 0 Å². The van der Waals surface area contributed by atoms with Crippen molar-refractivity contribution in [2.24, 2.45) is 11.3 Å². The molecule has 1 saturated carbocycles. The molecule has 0 unspecified atom stereocenters. The van der Waals surface area contributed by atoms with Gasteiger partial charge in [0.25, 0.3) is 0 Å². The Kier molecular flexibility index (Phi) is 4.33. The summed E-state index contributed by atoms with van der Waals surface area (Å²) >= 11 is 0. The van der Waals surface area contributed by atoms with Crippen LogP contribution >= 0.6 is 0 Å². The normalized spacial score (nSPS) is 25.1. The summed E-state index contributed by atoms with van der Waals surface area (Å²) in [6, 6.07) is 0.670. The lowest BCUT2D eigenvalue weighted by Gasteiger charge is -2.37. The second-order valence-corrected chi connectivity index (χ2v) is 6.54. The van der Waals surface area contributed by atoms with Gasteiger partial charge in [-0.05, 0) is 37.0 Å². The zero-order valence-electron chi connectivity index (χ0n) is 11.8. The van der Waals surface area contributed by atoms with Crippen molar-refractivity contribution in [3.63, 3.8) is 0 Å². The Balaban J connectivity index is 1.74. The van der Waals surface area contributed by atoms with E-state index in [9.17, 15) is 0 Å². The fourth-order valence-corrected chi connectivity index (χ4v) is 2.85. The molecule has 0 bridgehead atoms. The number of hydrogen-bond acceptors (Lipinski definition) is 3. The second kappa shape index (κ2) is 5.79. The summed E-state index contributed by atoms with van der Waals surface area (Å²) in [5.41, 5.74) is 1.65. The van der Waals surface area contributed by atoms with Crippen LogP contribution < -0.4 is 5.32 Å². The van der Waals surface area contributed by atoms with Gasteiger partial charge in [-0.25, -0.2) is 9.97 Å². The van der Waals surface area contributed by atoms with Crippen molar-refractivity contribution in [3.8, 4) is 0 Å². The molecule has 1 aliphatic carbocycles. The van der Waals surface area contributed by atoms with E-state index in [1.54, 1.807) is 6.33 Å². The molecule has 18 heavy (non-hydrogen) atoms. The summed E-state index contributed by atoms with van der Waals surface area (Å²) in [7, 11) is 0. The highest BCUT2D eigenvalue weighted by molar-refractivity contribution is 5.02. The molecule has 0 aliphatic heterocycles. The van der Waals surface area contributed by atoms with Crippen LogP contribution in [-0.2, 0) is 6.54 Å². The molecule has 1 fully saturated rings. The van der Waals surface area contributed by atoms with Crippen LogP contribution in [-0.4, -0.2) is 16.0 Å². The average molecular weight is 247 g/mol. The van der Waals surface area contributed by atoms with E-state index >= 15 is 0 Å². The number of nitrogens with one attached hydrogen (secondary N) is 1. The lowest BCUT2D eigenvalue weighted by atomic mass is 9.71. The SMILES string of the molecule is CC(C)(C)[C@H]1CC[C@@H](NCc2cncnc2)CC1. The molecule has 0 amide bonds. The third-order valence-corrected chi connectivity index (χ3v) is 4.16. The Hall–Kier alpha value is -0.960. The Morgan fingerprint density at radius 1 is 1.11 bits per heavy atom. The van der Waals surface area contributed by atoms with Crippen molar-refractivity contribution in [2.45, 2.75) is 59.0 Å². The van der Waals surface area contributed by atoms with Gasteiger partial charge in [-0.15, -0.1) is 0 Å². The standard InChI is InChI=1S/C15H25N3/c1-15(2,3)13-4-6-14(7-5-13)18-10-12-8-16-11-17-9-12/h8-9,11,13-14,18H,4-7,10H2,1-3H3/t13-,14+. The monoisotopic (exact) mass is 247 g/mol. The first-order chi connectivity index (χ1) is 8.55. The van der Waals surface area contributed by atoms with Gasteiger partial charge in [-0.3, -0.25) is 0 Å². The Bertz CT molecular complexity index is 348. The molecule has 0 spiro atoms. The van der Waals surface area contributed by atoms with Crippen LogP contribution in [0.2, 0.25) is 0 Å². The van der Waals surface area contributed by atoms with Crippen molar-refractivity contribution in [1.29, 1.82) is 0 Å². The maximum atomic E-state index is 4.04. The highest BCUT2D eigenvalue weighted by atomic mass is 14.9.